The van der Waals surface area contributed by atoms with E-state index in [0.717, 1.165) is 39.0 Å². The van der Waals surface area contributed by atoms with Crippen LogP contribution in [0, 0.1) is 5.82 Å². The quantitative estimate of drug-likeness (QED) is 0.893. The number of rotatable bonds is 5. The number of carbonyl (C=O) groups is 1. The lowest BCUT2D eigenvalue weighted by molar-refractivity contribution is -0.132. The molecule has 2 rings (SSSR count). The maximum absolute atomic E-state index is 13.3. The van der Waals surface area contributed by atoms with Crippen LogP contribution in [0.15, 0.2) is 18.2 Å². The predicted octanol–water partition coefficient (Wildman–Crippen LogP) is 2.83. The molecular formula is C17H26ClFN2O2. The zero-order chi connectivity index (χ0) is 16.1. The highest BCUT2D eigenvalue weighted by molar-refractivity contribution is 5.85. The maximum atomic E-state index is 13.3. The number of hydrogen-bond donors (Lipinski definition) is 1. The lowest BCUT2D eigenvalue weighted by atomic mass is 10.1. The normalized spacial score (nSPS) is 15.6. The van der Waals surface area contributed by atoms with E-state index in [1.807, 2.05) is 4.90 Å². The lowest BCUT2D eigenvalue weighted by Crippen LogP contribution is -2.52. The molecule has 1 aromatic rings. The van der Waals surface area contributed by atoms with E-state index in [1.54, 1.807) is 6.07 Å². The highest BCUT2D eigenvalue weighted by atomic mass is 35.5. The Morgan fingerprint density at radius 1 is 1.22 bits per heavy atom. The van der Waals surface area contributed by atoms with Crippen molar-refractivity contribution in [2.24, 2.45) is 0 Å². The minimum atomic E-state index is -0.677. The topological polar surface area (TPSA) is 43.8 Å². The van der Waals surface area contributed by atoms with Gasteiger partial charge in [0.05, 0.1) is 6.42 Å². The number of hydrogen-bond acceptors (Lipinski definition) is 3. The van der Waals surface area contributed by atoms with Crippen LogP contribution in [-0.2, 0) is 11.2 Å². The maximum Gasteiger partial charge on any atom is 0.227 e. The van der Waals surface area contributed by atoms with Crippen molar-refractivity contribution in [1.29, 1.82) is 0 Å². The molecule has 0 atom stereocenters. The number of benzene rings is 1. The van der Waals surface area contributed by atoms with E-state index in [-0.39, 0.29) is 30.5 Å². The van der Waals surface area contributed by atoms with E-state index in [0.29, 0.717) is 11.6 Å². The molecule has 0 aliphatic carbocycles. The largest absolute Gasteiger partial charge is 0.505 e. The smallest absolute Gasteiger partial charge is 0.227 e. The van der Waals surface area contributed by atoms with Gasteiger partial charge in [-0.3, -0.25) is 9.69 Å². The second kappa shape index (κ2) is 9.08. The van der Waals surface area contributed by atoms with Crippen molar-refractivity contribution in [3.8, 4) is 5.75 Å². The van der Waals surface area contributed by atoms with E-state index < -0.39 is 5.82 Å². The minimum Gasteiger partial charge on any atom is -0.505 e. The molecule has 1 N–H and O–H groups in total. The summed E-state index contributed by atoms with van der Waals surface area (Å²) in [4.78, 5) is 16.6. The lowest BCUT2D eigenvalue weighted by Gasteiger charge is -2.38. The van der Waals surface area contributed by atoms with Crippen molar-refractivity contribution in [3.05, 3.63) is 29.6 Å². The number of carbonyl (C=O) groups excluding carboxylic acids is 1. The minimum absolute atomic E-state index is 0. The molecule has 1 aromatic carbocycles. The molecule has 0 bridgehead atoms. The molecule has 0 saturated carbocycles. The molecule has 0 spiro atoms. The van der Waals surface area contributed by atoms with Crippen molar-refractivity contribution in [3.63, 3.8) is 0 Å². The molecule has 1 aliphatic heterocycles. The van der Waals surface area contributed by atoms with Gasteiger partial charge in [0, 0.05) is 32.2 Å². The van der Waals surface area contributed by atoms with Crippen LogP contribution >= 0.6 is 12.4 Å². The summed E-state index contributed by atoms with van der Waals surface area (Å²) in [5.74, 6) is -1.03. The van der Waals surface area contributed by atoms with Crippen molar-refractivity contribution in [1.82, 2.24) is 9.80 Å². The van der Waals surface area contributed by atoms with Gasteiger partial charge >= 0.3 is 0 Å². The summed E-state index contributed by atoms with van der Waals surface area (Å²) < 4.78 is 13.3. The second-order valence-corrected chi connectivity index (χ2v) is 5.85. The summed E-state index contributed by atoms with van der Waals surface area (Å²) in [5.41, 5.74) is 0.600. The second-order valence-electron chi connectivity index (χ2n) is 5.85. The first kappa shape index (κ1) is 19.7. The summed E-state index contributed by atoms with van der Waals surface area (Å²) in [6, 6.07) is 4.72. The van der Waals surface area contributed by atoms with Crippen LogP contribution in [0.25, 0.3) is 0 Å². The van der Waals surface area contributed by atoms with Crippen molar-refractivity contribution in [2.75, 3.05) is 26.2 Å². The Morgan fingerprint density at radius 2 is 1.83 bits per heavy atom. The Morgan fingerprint density at radius 3 is 2.35 bits per heavy atom. The molecule has 0 aromatic heterocycles. The molecule has 4 nitrogen and oxygen atoms in total. The standard InChI is InChI=1S/C17H25FN2O2.ClH/c1-3-14(4-2)19-7-9-20(10-8-19)17(22)12-13-5-6-16(21)15(18)11-13;/h5-6,11,14,21H,3-4,7-10,12H2,1-2H3;1H. The average Bonchev–Trinajstić information content (AvgIpc) is 2.53. The van der Waals surface area contributed by atoms with Crippen LogP contribution in [0.4, 0.5) is 4.39 Å². The summed E-state index contributed by atoms with van der Waals surface area (Å²) in [6.07, 6.45) is 2.46. The molecule has 1 heterocycles. The van der Waals surface area contributed by atoms with E-state index in [4.69, 9.17) is 0 Å². The van der Waals surface area contributed by atoms with Gasteiger partial charge in [0.25, 0.3) is 0 Å². The van der Waals surface area contributed by atoms with Crippen molar-refractivity contribution < 1.29 is 14.3 Å². The van der Waals surface area contributed by atoms with Crippen molar-refractivity contribution in [2.45, 2.75) is 39.2 Å². The van der Waals surface area contributed by atoms with Crippen LogP contribution in [0.1, 0.15) is 32.3 Å². The third-order valence-electron chi connectivity index (χ3n) is 4.49. The van der Waals surface area contributed by atoms with Gasteiger partial charge in [0.15, 0.2) is 11.6 Å². The van der Waals surface area contributed by atoms with Gasteiger partial charge in [0.1, 0.15) is 0 Å². The van der Waals surface area contributed by atoms with Crippen LogP contribution < -0.4 is 0 Å². The van der Waals surface area contributed by atoms with Crippen molar-refractivity contribution >= 4 is 18.3 Å². The Bertz CT molecular complexity index is 515. The molecule has 23 heavy (non-hydrogen) atoms. The van der Waals surface area contributed by atoms with Gasteiger partial charge in [-0.05, 0) is 30.5 Å². The summed E-state index contributed by atoms with van der Waals surface area (Å²) in [7, 11) is 0. The highest BCUT2D eigenvalue weighted by Crippen LogP contribution is 2.18. The first-order valence-electron chi connectivity index (χ1n) is 8.04. The number of phenols is 1. The molecule has 6 heteroatoms. The monoisotopic (exact) mass is 344 g/mol. The van der Waals surface area contributed by atoms with E-state index in [2.05, 4.69) is 18.7 Å². The number of aromatic hydroxyl groups is 1. The fourth-order valence-electron chi connectivity index (χ4n) is 3.09. The van der Waals surface area contributed by atoms with Crippen LogP contribution in [-0.4, -0.2) is 53.0 Å². The number of halogens is 2. The Kier molecular flexibility index (Phi) is 7.79. The van der Waals surface area contributed by atoms with Gasteiger partial charge < -0.3 is 10.0 Å². The fraction of sp³-hybridized carbons (Fsp3) is 0.588. The molecule has 1 amide bonds. The predicted molar refractivity (Wildman–Crippen MR) is 91.5 cm³/mol. The van der Waals surface area contributed by atoms with Gasteiger partial charge in [-0.25, -0.2) is 4.39 Å². The van der Waals surface area contributed by atoms with E-state index in [9.17, 15) is 14.3 Å². The Hall–Kier alpha value is -1.33. The van der Waals surface area contributed by atoms with Gasteiger partial charge in [0.2, 0.25) is 5.91 Å². The summed E-state index contributed by atoms with van der Waals surface area (Å²) in [6.45, 7) is 7.67. The van der Waals surface area contributed by atoms with E-state index >= 15 is 0 Å². The zero-order valence-electron chi connectivity index (χ0n) is 13.8. The molecule has 0 radical (unpaired) electrons. The van der Waals surface area contributed by atoms with E-state index in [1.165, 1.54) is 12.1 Å². The Labute approximate surface area is 143 Å². The Balaban J connectivity index is 0.00000264. The van der Waals surface area contributed by atoms with Gasteiger partial charge in [-0.1, -0.05) is 19.9 Å². The third-order valence-corrected chi connectivity index (χ3v) is 4.49. The first-order chi connectivity index (χ1) is 10.5. The molecule has 130 valence electrons. The molecule has 1 aliphatic rings. The molecule has 1 saturated heterocycles. The number of piperazine rings is 1. The SMILES string of the molecule is CCC(CC)N1CCN(C(=O)Cc2ccc(O)c(F)c2)CC1.Cl. The van der Waals surface area contributed by atoms with Gasteiger partial charge in [-0.15, -0.1) is 12.4 Å². The third kappa shape index (κ3) is 5.08. The van der Waals surface area contributed by atoms with Gasteiger partial charge in [-0.2, -0.15) is 0 Å². The number of amides is 1. The molecule has 1 fully saturated rings. The summed E-state index contributed by atoms with van der Waals surface area (Å²) >= 11 is 0. The summed E-state index contributed by atoms with van der Waals surface area (Å²) in [5, 5.41) is 9.18. The molecular weight excluding hydrogens is 319 g/mol. The zero-order valence-corrected chi connectivity index (χ0v) is 14.6. The van der Waals surface area contributed by atoms with Crippen LogP contribution in [0.2, 0.25) is 0 Å². The number of nitrogens with zero attached hydrogens (tertiary/aromatic N) is 2. The number of phenolic OH excluding ortho intramolecular Hbond substituents is 1. The van der Waals surface area contributed by atoms with Crippen LogP contribution in [0.3, 0.4) is 0 Å². The molecule has 0 unspecified atom stereocenters. The first-order valence-corrected chi connectivity index (χ1v) is 8.04. The fourth-order valence-corrected chi connectivity index (χ4v) is 3.09. The van der Waals surface area contributed by atoms with Crippen LogP contribution in [0.5, 0.6) is 5.75 Å². The average molecular weight is 345 g/mol. The highest BCUT2D eigenvalue weighted by Gasteiger charge is 2.24.